The fourth-order valence-corrected chi connectivity index (χ4v) is 6.04. The van der Waals surface area contributed by atoms with Crippen molar-refractivity contribution < 1.29 is 24.5 Å². The number of ether oxygens (including phenoxy) is 1. The number of primary amides is 1. The van der Waals surface area contributed by atoms with E-state index >= 15 is 0 Å². The molecule has 0 atom stereocenters. The normalized spacial score (nSPS) is 17.0. The molecule has 5 N–H and O–H groups in total. The van der Waals surface area contributed by atoms with Gasteiger partial charge in [-0.25, -0.2) is 9.36 Å². The van der Waals surface area contributed by atoms with E-state index in [4.69, 9.17) is 20.7 Å². The van der Waals surface area contributed by atoms with E-state index in [1.807, 2.05) is 24.3 Å². The Morgan fingerprint density at radius 2 is 1.71 bits per heavy atom. The maximum Gasteiger partial charge on any atom is 0.333 e. The smallest absolute Gasteiger partial charge is 0.333 e. The van der Waals surface area contributed by atoms with Crippen LogP contribution in [0.1, 0.15) is 67.3 Å². The summed E-state index contributed by atoms with van der Waals surface area (Å²) in [6, 6.07) is 7.44. The lowest BCUT2D eigenvalue weighted by Crippen LogP contribution is -2.54. The summed E-state index contributed by atoms with van der Waals surface area (Å²) in [6.45, 7) is 6.96. The molecule has 0 spiro atoms. The van der Waals surface area contributed by atoms with Crippen molar-refractivity contribution in [2.75, 3.05) is 13.7 Å². The van der Waals surface area contributed by atoms with E-state index < -0.39 is 22.7 Å². The van der Waals surface area contributed by atoms with Gasteiger partial charge < -0.3 is 26.0 Å². The Bertz CT molecular complexity index is 1500. The van der Waals surface area contributed by atoms with Crippen LogP contribution in [0.4, 0.5) is 0 Å². The summed E-state index contributed by atoms with van der Waals surface area (Å²) in [5, 5.41) is 20.8. The first-order valence-corrected chi connectivity index (χ1v) is 14.5. The molecule has 2 heterocycles. The van der Waals surface area contributed by atoms with Crippen molar-refractivity contribution in [3.05, 3.63) is 61.1 Å². The van der Waals surface area contributed by atoms with E-state index in [1.165, 1.54) is 18.4 Å². The molecule has 1 aliphatic carbocycles. The number of carbonyl (C=O) groups is 2. The SMILES string of the molecule is CCNC(=O)c1sc2c(c1C)c(=O)n(C(C)(C)C(N)=O)c(=O)n2CCc1ccccc1OC.OC1CCC(O)CC1. The zero-order valence-corrected chi connectivity index (χ0v) is 25.0. The van der Waals surface area contributed by atoms with Crippen molar-refractivity contribution in [3.63, 3.8) is 0 Å². The van der Waals surface area contributed by atoms with Crippen LogP contribution in [0.5, 0.6) is 5.75 Å². The molecule has 0 saturated heterocycles. The summed E-state index contributed by atoms with van der Waals surface area (Å²) in [4.78, 5) is 52.5. The zero-order chi connectivity index (χ0) is 30.5. The molecule has 11 nitrogen and oxygen atoms in total. The molecule has 1 saturated carbocycles. The second-order valence-electron chi connectivity index (χ2n) is 10.6. The van der Waals surface area contributed by atoms with Gasteiger partial charge >= 0.3 is 5.69 Å². The summed E-state index contributed by atoms with van der Waals surface area (Å²) < 4.78 is 7.74. The molecule has 0 unspecified atom stereocenters. The minimum atomic E-state index is -1.56. The number of nitrogens with zero attached hydrogens (tertiary/aromatic N) is 2. The number of methoxy groups -OCH3 is 1. The molecule has 1 aromatic carbocycles. The van der Waals surface area contributed by atoms with Crippen molar-refractivity contribution in [2.45, 2.75) is 84.1 Å². The number of para-hydroxylation sites is 1. The molecular formula is C29H40N4O7S. The first-order chi connectivity index (χ1) is 19.3. The number of benzene rings is 1. The fraction of sp³-hybridized carbons (Fsp3) is 0.517. The summed E-state index contributed by atoms with van der Waals surface area (Å²) in [6.07, 6.45) is 3.27. The van der Waals surface area contributed by atoms with Gasteiger partial charge in [-0.05, 0) is 77.0 Å². The zero-order valence-electron chi connectivity index (χ0n) is 24.2. The lowest BCUT2D eigenvalue weighted by atomic mass is 9.95. The topological polar surface area (TPSA) is 166 Å². The van der Waals surface area contributed by atoms with Crippen LogP contribution in [0, 0.1) is 6.92 Å². The summed E-state index contributed by atoms with van der Waals surface area (Å²) in [5.74, 6) is -0.452. The number of amides is 2. The van der Waals surface area contributed by atoms with Crippen LogP contribution in [-0.4, -0.2) is 57.0 Å². The first kappa shape index (κ1) is 32.0. The molecular weight excluding hydrogens is 548 g/mol. The third-order valence-electron chi connectivity index (χ3n) is 7.38. The minimum Gasteiger partial charge on any atom is -0.496 e. The van der Waals surface area contributed by atoms with Gasteiger partial charge in [0.25, 0.3) is 11.5 Å². The predicted molar refractivity (Wildman–Crippen MR) is 159 cm³/mol. The second kappa shape index (κ2) is 13.5. The van der Waals surface area contributed by atoms with E-state index in [-0.39, 0.29) is 30.0 Å². The summed E-state index contributed by atoms with van der Waals surface area (Å²) in [5.41, 5.74) is 4.03. The average Bonchev–Trinajstić information content (AvgIpc) is 3.28. The quantitative estimate of drug-likeness (QED) is 0.312. The van der Waals surface area contributed by atoms with Gasteiger partial charge in [0.15, 0.2) is 0 Å². The number of carbonyl (C=O) groups excluding carboxylic acids is 2. The maximum absolute atomic E-state index is 13.5. The standard InChI is InChI=1S/C23H28N4O5S.C6H12O2/c1-6-25-18(28)17-13(2)16-19(29)27(23(3,4)21(24)30)22(31)26(20(16)33-17)12-11-14-9-7-8-10-15(14)32-5;7-5-1-2-6(8)4-3-5/h7-10H,6,11-12H2,1-5H3,(H2,24,30)(H,25,28);5-8H,1-4H2. The number of hydrogen-bond acceptors (Lipinski definition) is 8. The molecule has 2 amide bonds. The number of fused-ring (bicyclic) bond motifs is 1. The highest BCUT2D eigenvalue weighted by atomic mass is 32.1. The highest BCUT2D eigenvalue weighted by molar-refractivity contribution is 7.20. The second-order valence-corrected chi connectivity index (χ2v) is 11.6. The molecule has 2 aromatic heterocycles. The molecule has 0 radical (unpaired) electrons. The Hall–Kier alpha value is -3.48. The number of nitrogens with two attached hydrogens (primary N) is 1. The van der Waals surface area contributed by atoms with Crippen molar-refractivity contribution in [1.29, 1.82) is 0 Å². The van der Waals surface area contributed by atoms with E-state index in [0.717, 1.165) is 47.2 Å². The molecule has 1 aliphatic rings. The highest BCUT2D eigenvalue weighted by Crippen LogP contribution is 2.29. The van der Waals surface area contributed by atoms with Crippen molar-refractivity contribution in [2.24, 2.45) is 5.73 Å². The van der Waals surface area contributed by atoms with Gasteiger partial charge in [0.1, 0.15) is 16.1 Å². The van der Waals surface area contributed by atoms with Gasteiger partial charge in [-0.1, -0.05) is 18.2 Å². The monoisotopic (exact) mass is 588 g/mol. The number of hydrogen-bond donors (Lipinski definition) is 4. The summed E-state index contributed by atoms with van der Waals surface area (Å²) >= 11 is 1.09. The van der Waals surface area contributed by atoms with Gasteiger partial charge in [0.05, 0.1) is 29.6 Å². The molecule has 1 fully saturated rings. The molecule has 0 bridgehead atoms. The minimum absolute atomic E-state index is 0.140. The Balaban J connectivity index is 0.000000496. The van der Waals surface area contributed by atoms with Gasteiger partial charge in [-0.2, -0.15) is 0 Å². The maximum atomic E-state index is 13.5. The van der Waals surface area contributed by atoms with Crippen LogP contribution in [0.2, 0.25) is 0 Å². The lowest BCUT2D eigenvalue weighted by Gasteiger charge is -2.24. The molecule has 3 aromatic rings. The highest BCUT2D eigenvalue weighted by Gasteiger charge is 2.34. The van der Waals surface area contributed by atoms with Gasteiger partial charge in [0, 0.05) is 13.1 Å². The average molecular weight is 589 g/mol. The Kier molecular flexibility index (Phi) is 10.5. The molecule has 4 rings (SSSR count). The van der Waals surface area contributed by atoms with E-state index in [1.54, 1.807) is 21.0 Å². The van der Waals surface area contributed by atoms with Crippen LogP contribution in [0.15, 0.2) is 33.9 Å². The van der Waals surface area contributed by atoms with Crippen LogP contribution < -0.4 is 27.0 Å². The third-order valence-corrected chi connectivity index (χ3v) is 8.70. The Morgan fingerprint density at radius 3 is 2.24 bits per heavy atom. The Morgan fingerprint density at radius 1 is 1.12 bits per heavy atom. The number of rotatable bonds is 8. The number of aromatic nitrogens is 2. The largest absolute Gasteiger partial charge is 0.496 e. The Labute approximate surface area is 242 Å². The number of aliphatic hydroxyl groups is 2. The lowest BCUT2D eigenvalue weighted by molar-refractivity contribution is -0.125. The number of aliphatic hydroxyl groups excluding tert-OH is 2. The van der Waals surface area contributed by atoms with Crippen molar-refractivity contribution in [1.82, 2.24) is 14.5 Å². The molecule has 224 valence electrons. The first-order valence-electron chi connectivity index (χ1n) is 13.7. The van der Waals surface area contributed by atoms with Gasteiger partial charge in [0.2, 0.25) is 5.91 Å². The molecule has 0 aliphatic heterocycles. The fourth-order valence-electron chi connectivity index (χ4n) is 4.80. The van der Waals surface area contributed by atoms with Crippen LogP contribution in [0.25, 0.3) is 10.2 Å². The molecule has 41 heavy (non-hydrogen) atoms. The number of thiophene rings is 1. The van der Waals surface area contributed by atoms with Crippen molar-refractivity contribution in [3.8, 4) is 5.75 Å². The van der Waals surface area contributed by atoms with E-state index in [2.05, 4.69) is 5.32 Å². The van der Waals surface area contributed by atoms with Gasteiger partial charge in [-0.15, -0.1) is 11.3 Å². The van der Waals surface area contributed by atoms with Crippen molar-refractivity contribution >= 4 is 33.4 Å². The summed E-state index contributed by atoms with van der Waals surface area (Å²) in [7, 11) is 1.57. The van der Waals surface area contributed by atoms with E-state index in [0.29, 0.717) is 34.0 Å². The van der Waals surface area contributed by atoms with E-state index in [9.17, 15) is 19.2 Å². The number of aryl methyl sites for hydroxylation is 3. The van der Waals surface area contributed by atoms with Crippen LogP contribution in [0.3, 0.4) is 0 Å². The third kappa shape index (κ3) is 6.88. The van der Waals surface area contributed by atoms with Crippen LogP contribution >= 0.6 is 11.3 Å². The van der Waals surface area contributed by atoms with Gasteiger partial charge in [-0.3, -0.25) is 19.0 Å². The number of nitrogens with one attached hydrogen (secondary N) is 1. The predicted octanol–water partition coefficient (Wildman–Crippen LogP) is 2.04. The molecule has 12 heteroatoms. The van der Waals surface area contributed by atoms with Crippen LogP contribution in [-0.2, 0) is 23.3 Å².